The molecule has 3 aromatic rings. The summed E-state index contributed by atoms with van der Waals surface area (Å²) >= 11 is 3.11. The number of aromatic amines is 1. The smallest absolute Gasteiger partial charge is 0.260 e. The molecule has 4 nitrogen and oxygen atoms in total. The molecule has 106 valence electrons. The lowest BCUT2D eigenvalue weighted by molar-refractivity contribution is 0.588. The van der Waals surface area contributed by atoms with Crippen LogP contribution in [-0.4, -0.2) is 16.5 Å². The zero-order valence-electron chi connectivity index (χ0n) is 11.3. The van der Waals surface area contributed by atoms with Gasteiger partial charge in [-0.1, -0.05) is 12.0 Å². The van der Waals surface area contributed by atoms with Crippen LogP contribution in [0.15, 0.2) is 27.7 Å². The fourth-order valence-corrected chi connectivity index (χ4v) is 3.86. The van der Waals surface area contributed by atoms with Crippen LogP contribution in [0, 0.1) is 12.3 Å². The maximum absolute atomic E-state index is 12.4. The van der Waals surface area contributed by atoms with Crippen molar-refractivity contribution in [1.82, 2.24) is 15.3 Å². The predicted molar refractivity (Wildman–Crippen MR) is 88.8 cm³/mol. The van der Waals surface area contributed by atoms with Gasteiger partial charge >= 0.3 is 0 Å². The van der Waals surface area contributed by atoms with E-state index in [2.05, 4.69) is 21.2 Å². The van der Waals surface area contributed by atoms with Crippen molar-refractivity contribution < 1.29 is 0 Å². The first kappa shape index (κ1) is 14.0. The van der Waals surface area contributed by atoms with Gasteiger partial charge in [-0.2, -0.15) is 0 Å². The van der Waals surface area contributed by atoms with Gasteiger partial charge in [-0.3, -0.25) is 10.1 Å². The Labute approximate surface area is 129 Å². The lowest BCUT2D eigenvalue weighted by atomic mass is 10.2. The van der Waals surface area contributed by atoms with E-state index in [0.29, 0.717) is 17.8 Å². The van der Waals surface area contributed by atoms with Crippen LogP contribution in [0.1, 0.15) is 18.8 Å². The minimum absolute atomic E-state index is 0.0922. The SMILES string of the molecule is C#CCN[C@H](C)c1nc2scc(-c3cccs3)c2c(=O)[nH]1. The molecule has 1 atom stereocenters. The van der Waals surface area contributed by atoms with Crippen LogP contribution in [0.5, 0.6) is 0 Å². The lowest BCUT2D eigenvalue weighted by Crippen LogP contribution is -2.23. The minimum Gasteiger partial charge on any atom is -0.309 e. The molecule has 0 aliphatic rings. The van der Waals surface area contributed by atoms with Crippen molar-refractivity contribution in [1.29, 1.82) is 0 Å². The maximum Gasteiger partial charge on any atom is 0.260 e. The normalized spacial score (nSPS) is 12.4. The van der Waals surface area contributed by atoms with Crippen molar-refractivity contribution in [2.24, 2.45) is 0 Å². The van der Waals surface area contributed by atoms with Crippen LogP contribution < -0.4 is 10.9 Å². The summed E-state index contributed by atoms with van der Waals surface area (Å²) in [5, 5.41) is 7.76. The summed E-state index contributed by atoms with van der Waals surface area (Å²) in [5.41, 5.74) is 0.851. The molecule has 0 bridgehead atoms. The molecule has 0 fully saturated rings. The van der Waals surface area contributed by atoms with Gasteiger partial charge in [-0.25, -0.2) is 4.98 Å². The van der Waals surface area contributed by atoms with Gasteiger partial charge in [0, 0.05) is 15.8 Å². The Bertz CT molecular complexity index is 855. The standard InChI is InChI=1S/C15H13N3OS2/c1-3-6-16-9(2)13-17-14(19)12-10(8-21-15(12)18-13)11-5-4-7-20-11/h1,4-5,7-9,16H,6H2,2H3,(H,17,18,19)/t9-/m1/s1. The zero-order chi connectivity index (χ0) is 14.8. The Kier molecular flexibility index (Phi) is 3.88. The molecular formula is C15H13N3OS2. The van der Waals surface area contributed by atoms with E-state index >= 15 is 0 Å². The summed E-state index contributed by atoms with van der Waals surface area (Å²) in [6, 6.07) is 3.90. The second-order valence-electron chi connectivity index (χ2n) is 4.56. The van der Waals surface area contributed by atoms with Gasteiger partial charge in [0.2, 0.25) is 0 Å². The molecule has 3 aromatic heterocycles. The number of nitrogens with one attached hydrogen (secondary N) is 2. The molecule has 3 heterocycles. The second kappa shape index (κ2) is 5.82. The number of rotatable bonds is 4. The Morgan fingerprint density at radius 3 is 3.10 bits per heavy atom. The number of H-pyrrole nitrogens is 1. The van der Waals surface area contributed by atoms with E-state index in [-0.39, 0.29) is 11.6 Å². The van der Waals surface area contributed by atoms with E-state index in [1.165, 1.54) is 11.3 Å². The average Bonchev–Trinajstić information content (AvgIpc) is 3.12. The molecule has 6 heteroatoms. The van der Waals surface area contributed by atoms with Crippen molar-refractivity contribution in [3.05, 3.63) is 39.1 Å². The van der Waals surface area contributed by atoms with Gasteiger partial charge in [-0.15, -0.1) is 29.1 Å². The molecule has 0 aliphatic heterocycles. The molecule has 0 saturated carbocycles. The Hall–Kier alpha value is -1.94. The summed E-state index contributed by atoms with van der Waals surface area (Å²) in [5.74, 6) is 3.13. The molecule has 0 unspecified atom stereocenters. The lowest BCUT2D eigenvalue weighted by Gasteiger charge is -2.10. The zero-order valence-corrected chi connectivity index (χ0v) is 13.0. The topological polar surface area (TPSA) is 57.8 Å². The first-order valence-corrected chi connectivity index (χ1v) is 8.18. The summed E-state index contributed by atoms with van der Waals surface area (Å²) in [7, 11) is 0. The Morgan fingerprint density at radius 2 is 2.38 bits per heavy atom. The average molecular weight is 315 g/mol. The number of fused-ring (bicyclic) bond motifs is 1. The highest BCUT2D eigenvalue weighted by atomic mass is 32.1. The fraction of sp³-hybridized carbons (Fsp3) is 0.200. The van der Waals surface area contributed by atoms with Gasteiger partial charge < -0.3 is 4.98 Å². The summed E-state index contributed by atoms with van der Waals surface area (Å²) < 4.78 is 0. The van der Waals surface area contributed by atoms with Crippen LogP contribution >= 0.6 is 22.7 Å². The van der Waals surface area contributed by atoms with Crippen molar-refractivity contribution in [2.75, 3.05) is 6.54 Å². The molecule has 0 spiro atoms. The molecule has 2 N–H and O–H groups in total. The maximum atomic E-state index is 12.4. The summed E-state index contributed by atoms with van der Waals surface area (Å²) in [6.07, 6.45) is 5.23. The highest BCUT2D eigenvalue weighted by Crippen LogP contribution is 2.33. The van der Waals surface area contributed by atoms with Crippen molar-refractivity contribution >= 4 is 32.9 Å². The van der Waals surface area contributed by atoms with Gasteiger partial charge in [0.05, 0.1) is 18.0 Å². The molecule has 0 aromatic carbocycles. The molecule has 0 radical (unpaired) electrons. The molecule has 21 heavy (non-hydrogen) atoms. The van der Waals surface area contributed by atoms with Gasteiger partial charge in [0.25, 0.3) is 5.56 Å². The fourth-order valence-electron chi connectivity index (χ4n) is 2.09. The van der Waals surface area contributed by atoms with Gasteiger partial charge in [0.15, 0.2) is 0 Å². The number of aromatic nitrogens is 2. The third-order valence-electron chi connectivity index (χ3n) is 3.17. The first-order valence-electron chi connectivity index (χ1n) is 6.43. The highest BCUT2D eigenvalue weighted by Gasteiger charge is 2.15. The van der Waals surface area contributed by atoms with E-state index in [0.717, 1.165) is 15.3 Å². The van der Waals surface area contributed by atoms with Crippen LogP contribution in [0.3, 0.4) is 0 Å². The Morgan fingerprint density at radius 1 is 1.52 bits per heavy atom. The predicted octanol–water partition coefficient (Wildman–Crippen LogP) is 3.00. The number of hydrogen-bond acceptors (Lipinski definition) is 5. The Balaban J connectivity index is 2.07. The van der Waals surface area contributed by atoms with E-state index in [1.54, 1.807) is 11.3 Å². The number of hydrogen-bond donors (Lipinski definition) is 2. The van der Waals surface area contributed by atoms with Crippen molar-refractivity contribution in [3.63, 3.8) is 0 Å². The third kappa shape index (κ3) is 2.63. The monoisotopic (exact) mass is 315 g/mol. The van der Waals surface area contributed by atoms with E-state index in [4.69, 9.17) is 6.42 Å². The molecule has 0 saturated heterocycles. The van der Waals surface area contributed by atoms with Crippen LogP contribution in [-0.2, 0) is 0 Å². The minimum atomic E-state index is -0.103. The van der Waals surface area contributed by atoms with Gasteiger partial charge in [-0.05, 0) is 18.4 Å². The van der Waals surface area contributed by atoms with Gasteiger partial charge in [0.1, 0.15) is 10.7 Å². The molecule has 3 rings (SSSR count). The van der Waals surface area contributed by atoms with Crippen molar-refractivity contribution in [2.45, 2.75) is 13.0 Å². The van der Waals surface area contributed by atoms with E-state index < -0.39 is 0 Å². The summed E-state index contributed by atoms with van der Waals surface area (Å²) in [6.45, 7) is 2.36. The number of thiophene rings is 2. The van der Waals surface area contributed by atoms with Crippen LogP contribution in [0.2, 0.25) is 0 Å². The van der Waals surface area contributed by atoms with Crippen LogP contribution in [0.4, 0.5) is 0 Å². The first-order chi connectivity index (χ1) is 10.2. The summed E-state index contributed by atoms with van der Waals surface area (Å²) in [4.78, 5) is 21.7. The third-order valence-corrected chi connectivity index (χ3v) is 4.94. The number of nitrogens with zero attached hydrogens (tertiary/aromatic N) is 1. The van der Waals surface area contributed by atoms with Crippen LogP contribution in [0.25, 0.3) is 20.7 Å². The highest BCUT2D eigenvalue weighted by molar-refractivity contribution is 7.18. The van der Waals surface area contributed by atoms with Crippen molar-refractivity contribution in [3.8, 4) is 22.8 Å². The van der Waals surface area contributed by atoms with E-state index in [1.807, 2.05) is 29.8 Å². The molecular weight excluding hydrogens is 302 g/mol. The quantitative estimate of drug-likeness (QED) is 0.728. The largest absolute Gasteiger partial charge is 0.309 e. The van der Waals surface area contributed by atoms with E-state index in [9.17, 15) is 4.79 Å². The molecule has 0 amide bonds. The molecule has 0 aliphatic carbocycles. The number of terminal acetylenes is 1. The second-order valence-corrected chi connectivity index (χ2v) is 6.37.